The molecule has 1 aromatic carbocycles. The van der Waals surface area contributed by atoms with E-state index in [-0.39, 0.29) is 18.8 Å². The van der Waals surface area contributed by atoms with Gasteiger partial charge >= 0.3 is 5.69 Å². The summed E-state index contributed by atoms with van der Waals surface area (Å²) in [5.41, 5.74) is 4.70. The van der Waals surface area contributed by atoms with Crippen molar-refractivity contribution in [1.82, 2.24) is 4.31 Å². The Morgan fingerprint density at radius 2 is 2.20 bits per heavy atom. The summed E-state index contributed by atoms with van der Waals surface area (Å²) in [5, 5.41) is 20.3. The van der Waals surface area contributed by atoms with Crippen LogP contribution in [0.25, 0.3) is 0 Å². The highest BCUT2D eigenvalue weighted by molar-refractivity contribution is 7.89. The molecule has 1 aliphatic heterocycles. The molecule has 0 saturated carbocycles. The minimum Gasteiger partial charge on any atom is -0.395 e. The lowest BCUT2D eigenvalue weighted by Gasteiger charge is -2.22. The molecule has 8 nitrogen and oxygen atoms in total. The van der Waals surface area contributed by atoms with Crippen molar-refractivity contribution in [1.29, 1.82) is 0 Å². The summed E-state index contributed by atoms with van der Waals surface area (Å²) in [6, 6.07) is 3.27. The van der Waals surface area contributed by atoms with Crippen molar-refractivity contribution in [3.05, 3.63) is 28.3 Å². The third kappa shape index (κ3) is 2.35. The van der Waals surface area contributed by atoms with Crippen LogP contribution in [0.1, 0.15) is 12.8 Å². The zero-order valence-corrected chi connectivity index (χ0v) is 11.4. The molecule has 1 saturated heterocycles. The highest BCUT2D eigenvalue weighted by Gasteiger charge is 2.39. The molecule has 1 aromatic rings. The van der Waals surface area contributed by atoms with E-state index in [2.05, 4.69) is 0 Å². The Bertz CT molecular complexity index is 631. The Morgan fingerprint density at radius 1 is 1.50 bits per heavy atom. The van der Waals surface area contributed by atoms with Crippen molar-refractivity contribution in [2.45, 2.75) is 23.8 Å². The van der Waals surface area contributed by atoms with Gasteiger partial charge in [-0.3, -0.25) is 10.1 Å². The summed E-state index contributed by atoms with van der Waals surface area (Å²) in [4.78, 5) is 9.82. The Kier molecular flexibility index (Phi) is 3.93. The number of rotatable bonds is 4. The monoisotopic (exact) mass is 301 g/mol. The molecule has 0 aromatic heterocycles. The topological polar surface area (TPSA) is 127 Å². The zero-order chi connectivity index (χ0) is 14.9. The van der Waals surface area contributed by atoms with Gasteiger partial charge in [-0.25, -0.2) is 8.42 Å². The number of nitro benzene ring substituents is 1. The number of nitro groups is 1. The van der Waals surface area contributed by atoms with Crippen LogP contribution in [-0.4, -0.2) is 41.9 Å². The summed E-state index contributed by atoms with van der Waals surface area (Å²) in [6.45, 7) is -0.0745. The molecule has 0 radical (unpaired) electrons. The fourth-order valence-corrected chi connectivity index (χ4v) is 4.25. The van der Waals surface area contributed by atoms with E-state index in [1.165, 1.54) is 12.1 Å². The van der Waals surface area contributed by atoms with Gasteiger partial charge in [0, 0.05) is 12.6 Å². The molecular formula is C11H15N3O5S. The minimum absolute atomic E-state index is 0.198. The van der Waals surface area contributed by atoms with E-state index < -0.39 is 31.6 Å². The van der Waals surface area contributed by atoms with Crippen LogP contribution in [0.2, 0.25) is 0 Å². The molecule has 1 heterocycles. The molecule has 3 N–H and O–H groups in total. The van der Waals surface area contributed by atoms with Crippen LogP contribution in [0.5, 0.6) is 0 Å². The van der Waals surface area contributed by atoms with Gasteiger partial charge in [0.1, 0.15) is 5.69 Å². The van der Waals surface area contributed by atoms with Gasteiger partial charge in [0.05, 0.1) is 11.5 Å². The number of benzene rings is 1. The van der Waals surface area contributed by atoms with Crippen molar-refractivity contribution in [3.63, 3.8) is 0 Å². The first kappa shape index (κ1) is 14.7. The number of aliphatic hydroxyl groups is 1. The second kappa shape index (κ2) is 5.35. The second-order valence-corrected chi connectivity index (χ2v) is 6.40. The van der Waals surface area contributed by atoms with E-state index in [0.29, 0.717) is 12.8 Å². The van der Waals surface area contributed by atoms with E-state index in [4.69, 9.17) is 5.73 Å². The lowest BCUT2D eigenvalue weighted by atomic mass is 10.2. The quantitative estimate of drug-likeness (QED) is 0.468. The van der Waals surface area contributed by atoms with E-state index >= 15 is 0 Å². The van der Waals surface area contributed by atoms with Gasteiger partial charge in [0.25, 0.3) is 0 Å². The Morgan fingerprint density at radius 3 is 2.80 bits per heavy atom. The predicted molar refractivity (Wildman–Crippen MR) is 71.5 cm³/mol. The molecule has 1 fully saturated rings. The Hall–Kier alpha value is -1.71. The van der Waals surface area contributed by atoms with Gasteiger partial charge in [0.2, 0.25) is 10.0 Å². The number of para-hydroxylation sites is 1. The second-order valence-electron chi connectivity index (χ2n) is 4.55. The minimum atomic E-state index is -4.05. The fraction of sp³-hybridized carbons (Fsp3) is 0.455. The summed E-state index contributed by atoms with van der Waals surface area (Å²) >= 11 is 0. The molecular weight excluding hydrogens is 286 g/mol. The van der Waals surface area contributed by atoms with Gasteiger partial charge in [-0.2, -0.15) is 4.31 Å². The number of nitrogen functional groups attached to an aromatic ring is 1. The third-order valence-corrected chi connectivity index (χ3v) is 5.32. The molecule has 0 spiro atoms. The van der Waals surface area contributed by atoms with E-state index in [0.717, 1.165) is 10.4 Å². The first-order chi connectivity index (χ1) is 9.39. The van der Waals surface area contributed by atoms with Crippen LogP contribution in [0.3, 0.4) is 0 Å². The van der Waals surface area contributed by atoms with Crippen LogP contribution in [-0.2, 0) is 10.0 Å². The molecule has 9 heteroatoms. The van der Waals surface area contributed by atoms with E-state index in [1.807, 2.05) is 0 Å². The number of nitrogens with zero attached hydrogens (tertiary/aromatic N) is 2. The first-order valence-electron chi connectivity index (χ1n) is 6.05. The summed E-state index contributed by atoms with van der Waals surface area (Å²) < 4.78 is 26.2. The highest BCUT2D eigenvalue weighted by atomic mass is 32.2. The molecule has 1 unspecified atom stereocenters. The normalized spacial score (nSPS) is 20.1. The predicted octanol–water partition coefficient (Wildman–Crippen LogP) is 0.322. The van der Waals surface area contributed by atoms with Gasteiger partial charge in [0.15, 0.2) is 4.90 Å². The lowest BCUT2D eigenvalue weighted by Crippen LogP contribution is -2.37. The SMILES string of the molecule is Nc1cccc(S(=O)(=O)N2CCCC2CO)c1[N+](=O)[O-]. The van der Waals surface area contributed by atoms with Crippen molar-refractivity contribution >= 4 is 21.4 Å². The molecule has 0 aliphatic carbocycles. The molecule has 0 bridgehead atoms. The molecule has 0 amide bonds. The van der Waals surface area contributed by atoms with Gasteiger partial charge < -0.3 is 10.8 Å². The largest absolute Gasteiger partial charge is 0.395 e. The first-order valence-corrected chi connectivity index (χ1v) is 7.49. The van der Waals surface area contributed by atoms with Crippen LogP contribution in [0.4, 0.5) is 11.4 Å². The Balaban J connectivity index is 2.55. The maximum atomic E-state index is 12.5. The van der Waals surface area contributed by atoms with E-state index in [1.54, 1.807) is 0 Å². The molecule has 20 heavy (non-hydrogen) atoms. The van der Waals surface area contributed by atoms with Crippen LogP contribution < -0.4 is 5.73 Å². The standard InChI is InChI=1S/C11H15N3O5S/c12-9-4-1-5-10(11(9)14(16)17)20(18,19)13-6-2-3-8(13)7-15/h1,4-5,8,15H,2-3,6-7,12H2. The van der Waals surface area contributed by atoms with Gasteiger partial charge in [-0.05, 0) is 25.0 Å². The van der Waals surface area contributed by atoms with Crippen LogP contribution >= 0.6 is 0 Å². The van der Waals surface area contributed by atoms with Gasteiger partial charge in [-0.1, -0.05) is 6.07 Å². The number of anilines is 1. The lowest BCUT2D eigenvalue weighted by molar-refractivity contribution is -0.386. The maximum absolute atomic E-state index is 12.5. The molecule has 1 aliphatic rings. The summed E-state index contributed by atoms with van der Waals surface area (Å²) in [7, 11) is -4.05. The number of sulfonamides is 1. The number of aliphatic hydroxyl groups excluding tert-OH is 1. The van der Waals surface area contributed by atoms with Crippen molar-refractivity contribution in [3.8, 4) is 0 Å². The number of hydrogen-bond donors (Lipinski definition) is 2. The molecule has 110 valence electrons. The van der Waals surface area contributed by atoms with Crippen molar-refractivity contribution in [2.24, 2.45) is 0 Å². The summed E-state index contributed by atoms with van der Waals surface area (Å²) in [6.07, 6.45) is 1.15. The van der Waals surface area contributed by atoms with Crippen molar-refractivity contribution < 1.29 is 18.4 Å². The maximum Gasteiger partial charge on any atom is 0.312 e. The fourth-order valence-electron chi connectivity index (χ4n) is 2.38. The third-order valence-electron chi connectivity index (χ3n) is 3.33. The summed E-state index contributed by atoms with van der Waals surface area (Å²) in [5.74, 6) is 0. The average molecular weight is 301 g/mol. The number of nitrogens with two attached hydrogens (primary N) is 1. The average Bonchev–Trinajstić information content (AvgIpc) is 2.86. The van der Waals surface area contributed by atoms with Gasteiger partial charge in [-0.15, -0.1) is 0 Å². The van der Waals surface area contributed by atoms with Crippen LogP contribution in [0, 0.1) is 10.1 Å². The smallest absolute Gasteiger partial charge is 0.312 e. The molecule has 2 rings (SSSR count). The highest BCUT2D eigenvalue weighted by Crippen LogP contribution is 2.34. The van der Waals surface area contributed by atoms with Crippen LogP contribution in [0.15, 0.2) is 23.1 Å². The molecule has 1 atom stereocenters. The van der Waals surface area contributed by atoms with E-state index in [9.17, 15) is 23.6 Å². The zero-order valence-electron chi connectivity index (χ0n) is 10.6. The number of hydrogen-bond acceptors (Lipinski definition) is 6. The van der Waals surface area contributed by atoms with Crippen molar-refractivity contribution in [2.75, 3.05) is 18.9 Å². The Labute approximate surface area is 116 Å².